The van der Waals surface area contributed by atoms with Gasteiger partial charge in [-0.2, -0.15) is 5.10 Å². The molecule has 0 aliphatic carbocycles. The first-order valence-corrected chi connectivity index (χ1v) is 7.65. The van der Waals surface area contributed by atoms with Gasteiger partial charge in [0.25, 0.3) is 5.56 Å². The molecule has 0 saturated heterocycles. The van der Waals surface area contributed by atoms with Crippen molar-refractivity contribution in [3.8, 4) is 17.0 Å². The Labute approximate surface area is 130 Å². The van der Waals surface area contributed by atoms with Crippen molar-refractivity contribution in [2.45, 2.75) is 33.4 Å². The SMILES string of the molecule is CCCn1nc(-c2ccc(OC)cc2)cc(CNCC)c1=O. The number of nitrogens with one attached hydrogen (secondary N) is 1. The zero-order chi connectivity index (χ0) is 15.9. The Bertz CT molecular complexity index is 663. The molecule has 0 saturated carbocycles. The highest BCUT2D eigenvalue weighted by molar-refractivity contribution is 5.60. The van der Waals surface area contributed by atoms with E-state index in [-0.39, 0.29) is 5.56 Å². The highest BCUT2D eigenvalue weighted by Gasteiger charge is 2.09. The van der Waals surface area contributed by atoms with Crippen molar-refractivity contribution in [2.24, 2.45) is 0 Å². The smallest absolute Gasteiger partial charge is 0.271 e. The number of aromatic nitrogens is 2. The number of hydrogen-bond donors (Lipinski definition) is 1. The van der Waals surface area contributed by atoms with Crippen molar-refractivity contribution in [3.05, 3.63) is 46.2 Å². The summed E-state index contributed by atoms with van der Waals surface area (Å²) in [5.41, 5.74) is 2.52. The van der Waals surface area contributed by atoms with Crippen LogP contribution in [-0.2, 0) is 13.1 Å². The van der Waals surface area contributed by atoms with E-state index in [0.717, 1.165) is 35.5 Å². The summed E-state index contributed by atoms with van der Waals surface area (Å²) in [5, 5.41) is 7.70. The van der Waals surface area contributed by atoms with Crippen molar-refractivity contribution >= 4 is 0 Å². The molecule has 0 radical (unpaired) electrons. The summed E-state index contributed by atoms with van der Waals surface area (Å²) in [7, 11) is 1.64. The number of rotatable bonds is 7. The third-order valence-corrected chi connectivity index (χ3v) is 3.44. The van der Waals surface area contributed by atoms with E-state index in [1.54, 1.807) is 11.8 Å². The van der Waals surface area contributed by atoms with Gasteiger partial charge < -0.3 is 10.1 Å². The Morgan fingerprint density at radius 1 is 1.23 bits per heavy atom. The van der Waals surface area contributed by atoms with Crippen LogP contribution in [0.4, 0.5) is 0 Å². The van der Waals surface area contributed by atoms with Gasteiger partial charge in [-0.05, 0) is 43.3 Å². The first-order valence-electron chi connectivity index (χ1n) is 7.65. The minimum Gasteiger partial charge on any atom is -0.497 e. The van der Waals surface area contributed by atoms with Gasteiger partial charge in [0.15, 0.2) is 0 Å². The Morgan fingerprint density at radius 3 is 2.55 bits per heavy atom. The molecule has 0 unspecified atom stereocenters. The van der Waals surface area contributed by atoms with Crippen molar-refractivity contribution in [1.29, 1.82) is 0 Å². The molecule has 0 spiro atoms. The van der Waals surface area contributed by atoms with Crippen molar-refractivity contribution < 1.29 is 4.74 Å². The van der Waals surface area contributed by atoms with Gasteiger partial charge >= 0.3 is 0 Å². The van der Waals surface area contributed by atoms with Crippen LogP contribution < -0.4 is 15.6 Å². The summed E-state index contributed by atoms with van der Waals surface area (Å²) in [6.45, 7) is 6.08. The largest absolute Gasteiger partial charge is 0.497 e. The van der Waals surface area contributed by atoms with E-state index in [2.05, 4.69) is 10.4 Å². The average molecular weight is 301 g/mol. The quantitative estimate of drug-likeness (QED) is 0.853. The lowest BCUT2D eigenvalue weighted by Gasteiger charge is -2.11. The molecule has 0 fully saturated rings. The lowest BCUT2D eigenvalue weighted by Crippen LogP contribution is -2.29. The fraction of sp³-hybridized carbons (Fsp3) is 0.412. The number of benzene rings is 1. The molecule has 0 aliphatic rings. The molecule has 5 nitrogen and oxygen atoms in total. The van der Waals surface area contributed by atoms with Gasteiger partial charge in [-0.3, -0.25) is 4.79 Å². The lowest BCUT2D eigenvalue weighted by molar-refractivity contribution is 0.415. The predicted molar refractivity (Wildman–Crippen MR) is 88.2 cm³/mol. The van der Waals surface area contributed by atoms with Crippen LogP contribution >= 0.6 is 0 Å². The summed E-state index contributed by atoms with van der Waals surface area (Å²) < 4.78 is 6.74. The number of ether oxygens (including phenoxy) is 1. The molecule has 2 aromatic rings. The van der Waals surface area contributed by atoms with Gasteiger partial charge in [-0.25, -0.2) is 4.68 Å². The molecule has 2 rings (SSSR count). The van der Waals surface area contributed by atoms with Crippen LogP contribution in [0.25, 0.3) is 11.3 Å². The van der Waals surface area contributed by atoms with Crippen molar-refractivity contribution in [2.75, 3.05) is 13.7 Å². The van der Waals surface area contributed by atoms with Gasteiger partial charge in [0.2, 0.25) is 0 Å². The van der Waals surface area contributed by atoms with E-state index in [4.69, 9.17) is 4.74 Å². The topological polar surface area (TPSA) is 56.1 Å². The highest BCUT2D eigenvalue weighted by atomic mass is 16.5. The maximum Gasteiger partial charge on any atom is 0.271 e. The maximum absolute atomic E-state index is 12.4. The molecule has 1 aromatic heterocycles. The second-order valence-corrected chi connectivity index (χ2v) is 5.09. The van der Waals surface area contributed by atoms with Gasteiger partial charge in [0.05, 0.1) is 12.8 Å². The molecule has 0 amide bonds. The number of nitrogens with zero attached hydrogens (tertiary/aromatic N) is 2. The predicted octanol–water partition coefficient (Wildman–Crippen LogP) is 2.44. The second-order valence-electron chi connectivity index (χ2n) is 5.09. The number of aryl methyl sites for hydroxylation is 1. The van der Waals surface area contributed by atoms with Crippen LogP contribution in [0.3, 0.4) is 0 Å². The van der Waals surface area contributed by atoms with Crippen molar-refractivity contribution in [3.63, 3.8) is 0 Å². The highest BCUT2D eigenvalue weighted by Crippen LogP contribution is 2.20. The van der Waals surface area contributed by atoms with Crippen LogP contribution in [0.5, 0.6) is 5.75 Å². The Kier molecular flexibility index (Phi) is 5.72. The minimum absolute atomic E-state index is 0.0138. The molecule has 1 N–H and O–H groups in total. The molecule has 5 heteroatoms. The molecule has 22 heavy (non-hydrogen) atoms. The van der Waals surface area contributed by atoms with E-state index in [0.29, 0.717) is 13.1 Å². The molecule has 118 valence electrons. The zero-order valence-electron chi connectivity index (χ0n) is 13.4. The minimum atomic E-state index is -0.0138. The summed E-state index contributed by atoms with van der Waals surface area (Å²) in [4.78, 5) is 12.4. The van der Waals surface area contributed by atoms with Crippen LogP contribution in [0, 0.1) is 0 Å². The van der Waals surface area contributed by atoms with E-state index < -0.39 is 0 Å². The molecule has 0 bridgehead atoms. The fourth-order valence-corrected chi connectivity index (χ4v) is 2.25. The van der Waals surface area contributed by atoms with Gasteiger partial charge in [-0.1, -0.05) is 13.8 Å². The van der Waals surface area contributed by atoms with Crippen LogP contribution in [0.2, 0.25) is 0 Å². The Morgan fingerprint density at radius 2 is 1.95 bits per heavy atom. The molecule has 0 atom stereocenters. The van der Waals surface area contributed by atoms with E-state index >= 15 is 0 Å². The third kappa shape index (κ3) is 3.74. The standard InChI is InChI=1S/C17H23N3O2/c1-4-10-20-17(21)14(12-18-5-2)11-16(19-20)13-6-8-15(22-3)9-7-13/h6-9,11,18H,4-5,10,12H2,1-3H3. The number of methoxy groups -OCH3 is 1. The van der Waals surface area contributed by atoms with Gasteiger partial charge in [0, 0.05) is 24.2 Å². The molecule has 1 heterocycles. The summed E-state index contributed by atoms with van der Waals surface area (Å²) in [5.74, 6) is 0.804. The number of hydrogen-bond acceptors (Lipinski definition) is 4. The van der Waals surface area contributed by atoms with Crippen LogP contribution in [0.15, 0.2) is 35.1 Å². The normalized spacial score (nSPS) is 10.7. The van der Waals surface area contributed by atoms with Crippen LogP contribution in [0.1, 0.15) is 25.8 Å². The van der Waals surface area contributed by atoms with E-state index in [1.165, 1.54) is 0 Å². The monoisotopic (exact) mass is 301 g/mol. The zero-order valence-corrected chi connectivity index (χ0v) is 13.4. The van der Waals surface area contributed by atoms with Crippen LogP contribution in [-0.4, -0.2) is 23.4 Å². The molecule has 1 aromatic carbocycles. The van der Waals surface area contributed by atoms with Gasteiger partial charge in [0.1, 0.15) is 5.75 Å². The van der Waals surface area contributed by atoms with Crippen molar-refractivity contribution in [1.82, 2.24) is 15.1 Å². The molecule has 0 aliphatic heterocycles. The first kappa shape index (κ1) is 16.2. The fourth-order valence-electron chi connectivity index (χ4n) is 2.25. The maximum atomic E-state index is 12.4. The summed E-state index contributed by atoms with van der Waals surface area (Å²) in [6, 6.07) is 9.59. The van der Waals surface area contributed by atoms with E-state index in [9.17, 15) is 4.79 Å². The molecular formula is C17H23N3O2. The summed E-state index contributed by atoms with van der Waals surface area (Å²) >= 11 is 0. The average Bonchev–Trinajstić information content (AvgIpc) is 2.56. The summed E-state index contributed by atoms with van der Waals surface area (Å²) in [6.07, 6.45) is 0.875. The second kappa shape index (κ2) is 7.75. The van der Waals surface area contributed by atoms with E-state index in [1.807, 2.05) is 44.2 Å². The Hall–Kier alpha value is -2.14. The first-order chi connectivity index (χ1) is 10.7. The molecular weight excluding hydrogens is 278 g/mol. The lowest BCUT2D eigenvalue weighted by atomic mass is 10.1. The Balaban J connectivity index is 2.44. The third-order valence-electron chi connectivity index (χ3n) is 3.44. The van der Waals surface area contributed by atoms with Gasteiger partial charge in [-0.15, -0.1) is 0 Å².